The van der Waals surface area contributed by atoms with Gasteiger partial charge in [-0.25, -0.2) is 4.79 Å². The van der Waals surface area contributed by atoms with Crippen molar-refractivity contribution in [3.63, 3.8) is 0 Å². The molecule has 4 nitrogen and oxygen atoms in total. The molecule has 0 amide bonds. The standard InChI is InChI=1S/C27H44.C6H10O4.H2/c1-20(2)10-8-12-22(4)25-17-18-26-24(14-9-19-27(25,26)5)16-15-23-13-7-6-11-21(23)3;1-4-2-3-9-6(10-4)5(7)8;/h15-16,20,22,25-26H,3,6-14,17-19H2,1-2,4-5H3;4,6H,2-3H2,1H3,(H,7,8);1H/b23-15-,24-16+;;/t22-,25-,26?,27-;4-,6?;/m11./s1. The van der Waals surface area contributed by atoms with Crippen molar-refractivity contribution in [3.8, 4) is 0 Å². The Balaban J connectivity index is 0.000000389. The molecule has 1 N–H and O–H groups in total. The zero-order chi connectivity index (χ0) is 27.0. The minimum Gasteiger partial charge on any atom is -0.477 e. The fourth-order valence-corrected chi connectivity index (χ4v) is 7.45. The summed E-state index contributed by atoms with van der Waals surface area (Å²) in [5, 5.41) is 8.41. The summed E-state index contributed by atoms with van der Waals surface area (Å²) in [6.45, 7) is 16.6. The molecule has 0 aromatic carbocycles. The minimum atomic E-state index is -1.05. The summed E-state index contributed by atoms with van der Waals surface area (Å²) >= 11 is 0. The molecule has 0 radical (unpaired) electrons. The third kappa shape index (κ3) is 8.30. The van der Waals surface area contributed by atoms with Gasteiger partial charge < -0.3 is 14.6 Å². The highest BCUT2D eigenvalue weighted by atomic mass is 16.7. The van der Waals surface area contributed by atoms with Crippen molar-refractivity contribution in [2.45, 2.75) is 130 Å². The number of hydrogen-bond acceptors (Lipinski definition) is 3. The second-order valence-electron chi connectivity index (χ2n) is 12.9. The molecular formula is C33H56O4. The quantitative estimate of drug-likeness (QED) is 0.366. The average Bonchev–Trinajstić information content (AvgIpc) is 3.21. The number of rotatable bonds is 7. The average molecular weight is 517 g/mol. The molecule has 37 heavy (non-hydrogen) atoms. The number of allylic oxidation sites excluding steroid dienone is 5. The van der Waals surface area contributed by atoms with Crippen molar-refractivity contribution >= 4 is 5.97 Å². The molecule has 4 rings (SSSR count). The van der Waals surface area contributed by atoms with Crippen LogP contribution in [0.5, 0.6) is 0 Å². The van der Waals surface area contributed by atoms with Crippen LogP contribution in [0.1, 0.15) is 120 Å². The highest BCUT2D eigenvalue weighted by molar-refractivity contribution is 5.70. The number of hydrogen-bond donors (Lipinski definition) is 1. The highest BCUT2D eigenvalue weighted by Gasteiger charge is 2.50. The van der Waals surface area contributed by atoms with Gasteiger partial charge in [-0.3, -0.25) is 0 Å². The molecular weight excluding hydrogens is 460 g/mol. The first kappa shape index (κ1) is 30.2. The van der Waals surface area contributed by atoms with Crippen LogP contribution in [0.3, 0.4) is 0 Å². The van der Waals surface area contributed by atoms with E-state index in [0.29, 0.717) is 12.0 Å². The number of carbonyl (C=O) groups is 1. The number of fused-ring (bicyclic) bond motifs is 1. The van der Waals surface area contributed by atoms with Gasteiger partial charge in [-0.05, 0) is 106 Å². The van der Waals surface area contributed by atoms with Crippen LogP contribution in [0.4, 0.5) is 0 Å². The van der Waals surface area contributed by atoms with Crippen LogP contribution in [0.15, 0.2) is 35.5 Å². The molecule has 1 saturated heterocycles. The topological polar surface area (TPSA) is 55.8 Å². The third-order valence-corrected chi connectivity index (χ3v) is 9.64. The molecule has 3 aliphatic carbocycles. The van der Waals surface area contributed by atoms with Crippen LogP contribution in [-0.2, 0) is 14.3 Å². The Hall–Kier alpha value is -1.39. The van der Waals surface area contributed by atoms with Crippen molar-refractivity contribution in [2.75, 3.05) is 6.61 Å². The molecule has 4 aliphatic rings. The van der Waals surface area contributed by atoms with Gasteiger partial charge >= 0.3 is 5.97 Å². The molecule has 0 aromatic heterocycles. The largest absolute Gasteiger partial charge is 0.477 e. The van der Waals surface area contributed by atoms with E-state index in [4.69, 9.17) is 14.6 Å². The Morgan fingerprint density at radius 2 is 1.86 bits per heavy atom. The van der Waals surface area contributed by atoms with Gasteiger partial charge in [0.25, 0.3) is 6.29 Å². The van der Waals surface area contributed by atoms with Crippen molar-refractivity contribution in [1.29, 1.82) is 0 Å². The Morgan fingerprint density at radius 3 is 2.51 bits per heavy atom. The fraction of sp³-hybridized carbons (Fsp3) is 0.788. The zero-order valence-electron chi connectivity index (χ0n) is 24.4. The summed E-state index contributed by atoms with van der Waals surface area (Å²) in [4.78, 5) is 10.2. The summed E-state index contributed by atoms with van der Waals surface area (Å²) in [6, 6.07) is 0. The molecule has 6 atom stereocenters. The van der Waals surface area contributed by atoms with Gasteiger partial charge in [0.15, 0.2) is 0 Å². The van der Waals surface area contributed by atoms with Gasteiger partial charge in [0.05, 0.1) is 12.7 Å². The Morgan fingerprint density at radius 1 is 1.11 bits per heavy atom. The van der Waals surface area contributed by atoms with Crippen LogP contribution in [-0.4, -0.2) is 30.1 Å². The molecule has 0 spiro atoms. The predicted octanol–water partition coefficient (Wildman–Crippen LogP) is 9.12. The first-order valence-electron chi connectivity index (χ1n) is 15.2. The molecule has 4 heteroatoms. The van der Waals surface area contributed by atoms with Crippen LogP contribution in [0, 0.1) is 29.1 Å². The Kier molecular flexibility index (Phi) is 11.5. The van der Waals surface area contributed by atoms with Crippen molar-refractivity contribution in [1.82, 2.24) is 0 Å². The maximum atomic E-state index is 10.2. The van der Waals surface area contributed by atoms with Gasteiger partial charge in [-0.2, -0.15) is 0 Å². The SMILES string of the molecule is C=C1CCCC/C1=C/C=C1\CCC[C@@]2(C)C1CC[C@@H]2[C@H](C)CCCC(C)C.C[C@@H]1CCOC(C(=O)O)O1.[HH]. The minimum absolute atomic E-state index is 0. The highest BCUT2D eigenvalue weighted by Crippen LogP contribution is 2.60. The normalized spacial score (nSPS) is 35.2. The third-order valence-electron chi connectivity index (χ3n) is 9.64. The molecule has 4 fully saturated rings. The van der Waals surface area contributed by atoms with Gasteiger partial charge in [0, 0.05) is 1.43 Å². The van der Waals surface area contributed by atoms with Gasteiger partial charge in [0.1, 0.15) is 0 Å². The van der Waals surface area contributed by atoms with Crippen molar-refractivity contribution in [2.24, 2.45) is 29.1 Å². The molecule has 0 aromatic rings. The number of ether oxygens (including phenoxy) is 2. The zero-order valence-corrected chi connectivity index (χ0v) is 24.4. The first-order chi connectivity index (χ1) is 17.6. The maximum absolute atomic E-state index is 10.2. The number of aliphatic carboxylic acids is 1. The lowest BCUT2D eigenvalue weighted by atomic mass is 9.60. The molecule has 1 aliphatic heterocycles. The fourth-order valence-electron chi connectivity index (χ4n) is 7.45. The maximum Gasteiger partial charge on any atom is 0.361 e. The Labute approximate surface area is 228 Å². The van der Waals surface area contributed by atoms with Crippen molar-refractivity contribution < 1.29 is 20.8 Å². The predicted molar refractivity (Wildman–Crippen MR) is 154 cm³/mol. The van der Waals surface area contributed by atoms with Gasteiger partial charge in [-0.1, -0.05) is 76.8 Å². The molecule has 212 valence electrons. The number of carboxylic acid groups (broad SMARTS) is 1. The van der Waals surface area contributed by atoms with Gasteiger partial charge in [0.2, 0.25) is 0 Å². The van der Waals surface area contributed by atoms with Crippen LogP contribution in [0.2, 0.25) is 0 Å². The van der Waals surface area contributed by atoms with E-state index in [1.807, 2.05) is 6.92 Å². The van der Waals surface area contributed by atoms with Gasteiger partial charge in [-0.15, -0.1) is 0 Å². The van der Waals surface area contributed by atoms with E-state index in [0.717, 1.165) is 30.1 Å². The lowest BCUT2D eigenvalue weighted by Gasteiger charge is -2.44. The second-order valence-corrected chi connectivity index (χ2v) is 12.9. The van der Waals surface area contributed by atoms with Crippen LogP contribution >= 0.6 is 0 Å². The summed E-state index contributed by atoms with van der Waals surface area (Å²) in [5.41, 5.74) is 5.27. The van der Waals surface area contributed by atoms with E-state index in [9.17, 15) is 4.79 Å². The van der Waals surface area contributed by atoms with E-state index < -0.39 is 12.3 Å². The van der Waals surface area contributed by atoms with Crippen molar-refractivity contribution in [3.05, 3.63) is 35.5 Å². The monoisotopic (exact) mass is 516 g/mol. The summed E-state index contributed by atoms with van der Waals surface area (Å²) in [5.74, 6) is 2.49. The molecule has 2 unspecified atom stereocenters. The van der Waals surface area contributed by atoms with Crippen LogP contribution < -0.4 is 0 Å². The first-order valence-corrected chi connectivity index (χ1v) is 15.2. The van der Waals surface area contributed by atoms with Crippen LogP contribution in [0.25, 0.3) is 0 Å². The smallest absolute Gasteiger partial charge is 0.361 e. The van der Waals surface area contributed by atoms with E-state index in [-0.39, 0.29) is 7.53 Å². The second kappa shape index (κ2) is 14.1. The van der Waals surface area contributed by atoms with E-state index >= 15 is 0 Å². The summed E-state index contributed by atoms with van der Waals surface area (Å²) < 4.78 is 9.71. The lowest BCUT2D eigenvalue weighted by Crippen LogP contribution is -2.36. The van der Waals surface area contributed by atoms with E-state index in [1.165, 1.54) is 88.2 Å². The lowest BCUT2D eigenvalue weighted by molar-refractivity contribution is -0.221. The Bertz CT molecular complexity index is 831. The molecule has 0 bridgehead atoms. The summed E-state index contributed by atoms with van der Waals surface area (Å²) in [7, 11) is 0. The number of carboxylic acids is 1. The molecule has 3 saturated carbocycles. The summed E-state index contributed by atoms with van der Waals surface area (Å²) in [6.07, 6.45) is 21.2. The molecule has 1 heterocycles. The van der Waals surface area contributed by atoms with E-state index in [2.05, 4.69) is 46.4 Å². The van der Waals surface area contributed by atoms with E-state index in [1.54, 1.807) is 5.57 Å².